The molecule has 1 atom stereocenters. The van der Waals surface area contributed by atoms with Gasteiger partial charge in [0.1, 0.15) is 0 Å². The van der Waals surface area contributed by atoms with E-state index in [9.17, 15) is 8.42 Å². The zero-order valence-corrected chi connectivity index (χ0v) is 13.7. The van der Waals surface area contributed by atoms with Crippen LogP contribution in [0.15, 0.2) is 29.2 Å². The molecular formula is C15H24N2O3S. The summed E-state index contributed by atoms with van der Waals surface area (Å²) in [5, 5.41) is 3.28. The average molecular weight is 312 g/mol. The lowest BCUT2D eigenvalue weighted by Gasteiger charge is -2.32. The fraction of sp³-hybridized carbons (Fsp3) is 0.600. The fourth-order valence-electron chi connectivity index (χ4n) is 2.41. The van der Waals surface area contributed by atoms with Crippen molar-refractivity contribution in [3.05, 3.63) is 29.8 Å². The zero-order valence-electron chi connectivity index (χ0n) is 12.9. The van der Waals surface area contributed by atoms with E-state index in [1.165, 1.54) is 0 Å². The standard InChI is InChI=1S/C15H24N2O3S/c1-12(2)16-10-14-6-4-5-7-15(14)21(18,19)17-8-9-20-11-13(17)3/h4-7,12-13,16H,8-11H2,1-3H3. The van der Waals surface area contributed by atoms with E-state index in [-0.39, 0.29) is 6.04 Å². The van der Waals surface area contributed by atoms with Crippen LogP contribution in [-0.4, -0.2) is 44.6 Å². The number of nitrogens with zero attached hydrogens (tertiary/aromatic N) is 1. The Morgan fingerprint density at radius 1 is 1.38 bits per heavy atom. The van der Waals surface area contributed by atoms with Crippen LogP contribution in [0.2, 0.25) is 0 Å². The number of benzene rings is 1. The molecule has 6 heteroatoms. The highest BCUT2D eigenvalue weighted by Crippen LogP contribution is 2.23. The Bertz CT molecular complexity index is 572. The van der Waals surface area contributed by atoms with Gasteiger partial charge in [0, 0.05) is 25.2 Å². The second-order valence-corrected chi connectivity index (χ2v) is 7.54. The lowest BCUT2D eigenvalue weighted by atomic mass is 10.2. The summed E-state index contributed by atoms with van der Waals surface area (Å²) in [5.74, 6) is 0. The molecule has 0 aromatic heterocycles. The minimum atomic E-state index is -3.48. The lowest BCUT2D eigenvalue weighted by Crippen LogP contribution is -2.47. The van der Waals surface area contributed by atoms with Crippen molar-refractivity contribution < 1.29 is 13.2 Å². The Kier molecular flexibility index (Phi) is 5.37. The van der Waals surface area contributed by atoms with Gasteiger partial charge in [-0.2, -0.15) is 4.31 Å². The second kappa shape index (κ2) is 6.87. The molecule has 1 fully saturated rings. The Balaban J connectivity index is 2.31. The molecule has 1 aromatic carbocycles. The summed E-state index contributed by atoms with van der Waals surface area (Å²) in [4.78, 5) is 0.395. The number of rotatable bonds is 5. The van der Waals surface area contributed by atoms with E-state index < -0.39 is 10.0 Å². The molecule has 1 aromatic rings. The van der Waals surface area contributed by atoms with Gasteiger partial charge in [0.15, 0.2) is 0 Å². The molecule has 1 unspecified atom stereocenters. The van der Waals surface area contributed by atoms with E-state index in [1.807, 2.05) is 32.9 Å². The van der Waals surface area contributed by atoms with Crippen molar-refractivity contribution in [2.75, 3.05) is 19.8 Å². The maximum absolute atomic E-state index is 12.9. The molecule has 0 radical (unpaired) electrons. The van der Waals surface area contributed by atoms with Crippen molar-refractivity contribution in [1.82, 2.24) is 9.62 Å². The number of hydrogen-bond donors (Lipinski definition) is 1. The Morgan fingerprint density at radius 3 is 2.76 bits per heavy atom. The predicted octanol–water partition coefficient (Wildman–Crippen LogP) is 1.59. The summed E-state index contributed by atoms with van der Waals surface area (Å²) >= 11 is 0. The third-order valence-corrected chi connectivity index (χ3v) is 5.68. The second-order valence-electron chi connectivity index (χ2n) is 5.68. The molecule has 118 valence electrons. The molecule has 1 aliphatic rings. The van der Waals surface area contributed by atoms with Gasteiger partial charge in [0.25, 0.3) is 0 Å². The summed E-state index contributed by atoms with van der Waals surface area (Å²) in [6.45, 7) is 7.83. The molecule has 0 amide bonds. The first kappa shape index (κ1) is 16.4. The smallest absolute Gasteiger partial charge is 0.243 e. The minimum absolute atomic E-state index is 0.130. The first-order valence-corrected chi connectivity index (χ1v) is 8.78. The van der Waals surface area contributed by atoms with E-state index in [0.717, 1.165) is 5.56 Å². The van der Waals surface area contributed by atoms with Crippen LogP contribution in [0.25, 0.3) is 0 Å². The van der Waals surface area contributed by atoms with Crippen LogP contribution >= 0.6 is 0 Å². The third kappa shape index (κ3) is 3.83. The van der Waals surface area contributed by atoms with Crippen LogP contribution in [0.1, 0.15) is 26.3 Å². The topological polar surface area (TPSA) is 58.6 Å². The van der Waals surface area contributed by atoms with Gasteiger partial charge in [0.05, 0.1) is 18.1 Å². The van der Waals surface area contributed by atoms with Gasteiger partial charge < -0.3 is 10.1 Å². The van der Waals surface area contributed by atoms with E-state index in [0.29, 0.717) is 37.2 Å². The Labute approximate surface area is 127 Å². The number of hydrogen-bond acceptors (Lipinski definition) is 4. The normalized spacial score (nSPS) is 20.9. The summed E-state index contributed by atoms with van der Waals surface area (Å²) in [6.07, 6.45) is 0. The minimum Gasteiger partial charge on any atom is -0.378 e. The van der Waals surface area contributed by atoms with Gasteiger partial charge in [-0.1, -0.05) is 32.0 Å². The molecule has 0 spiro atoms. The van der Waals surface area contributed by atoms with Crippen molar-refractivity contribution in [3.8, 4) is 0 Å². The zero-order chi connectivity index (χ0) is 15.5. The average Bonchev–Trinajstić information content (AvgIpc) is 2.45. The van der Waals surface area contributed by atoms with E-state index in [1.54, 1.807) is 16.4 Å². The fourth-order valence-corrected chi connectivity index (χ4v) is 4.24. The highest BCUT2D eigenvalue weighted by molar-refractivity contribution is 7.89. The molecule has 21 heavy (non-hydrogen) atoms. The molecule has 1 N–H and O–H groups in total. The van der Waals surface area contributed by atoms with Crippen LogP contribution in [0, 0.1) is 0 Å². The van der Waals surface area contributed by atoms with Gasteiger partial charge in [-0.15, -0.1) is 0 Å². The number of morpholine rings is 1. The van der Waals surface area contributed by atoms with Gasteiger partial charge in [-0.3, -0.25) is 0 Å². The third-order valence-electron chi connectivity index (χ3n) is 3.57. The molecular weight excluding hydrogens is 288 g/mol. The van der Waals surface area contributed by atoms with Crippen LogP contribution < -0.4 is 5.32 Å². The molecule has 0 saturated carbocycles. The quantitative estimate of drug-likeness (QED) is 0.897. The summed E-state index contributed by atoms with van der Waals surface area (Å²) < 4.78 is 32.7. The summed E-state index contributed by atoms with van der Waals surface area (Å²) in [7, 11) is -3.48. The lowest BCUT2D eigenvalue weighted by molar-refractivity contribution is 0.0392. The summed E-state index contributed by atoms with van der Waals surface area (Å²) in [5.41, 5.74) is 0.810. The Morgan fingerprint density at radius 2 is 2.10 bits per heavy atom. The van der Waals surface area contributed by atoms with E-state index >= 15 is 0 Å². The summed E-state index contributed by atoms with van der Waals surface area (Å²) in [6, 6.07) is 7.39. The van der Waals surface area contributed by atoms with Crippen LogP contribution in [0.5, 0.6) is 0 Å². The van der Waals surface area contributed by atoms with Crippen molar-refractivity contribution in [3.63, 3.8) is 0 Å². The van der Waals surface area contributed by atoms with Crippen molar-refractivity contribution >= 4 is 10.0 Å². The molecule has 1 saturated heterocycles. The van der Waals surface area contributed by atoms with Crippen LogP contribution in [-0.2, 0) is 21.3 Å². The number of ether oxygens (including phenoxy) is 1. The largest absolute Gasteiger partial charge is 0.378 e. The first-order chi connectivity index (χ1) is 9.93. The molecule has 1 aliphatic heterocycles. The van der Waals surface area contributed by atoms with Crippen molar-refractivity contribution in [2.45, 2.75) is 44.3 Å². The van der Waals surface area contributed by atoms with Gasteiger partial charge in [-0.05, 0) is 18.6 Å². The maximum atomic E-state index is 12.9. The highest BCUT2D eigenvalue weighted by atomic mass is 32.2. The Hall–Kier alpha value is -0.950. The highest BCUT2D eigenvalue weighted by Gasteiger charge is 2.32. The van der Waals surface area contributed by atoms with Crippen molar-refractivity contribution in [2.24, 2.45) is 0 Å². The SMILES string of the molecule is CC(C)NCc1ccccc1S(=O)(=O)N1CCOCC1C. The molecule has 0 aliphatic carbocycles. The maximum Gasteiger partial charge on any atom is 0.243 e. The van der Waals surface area contributed by atoms with Crippen molar-refractivity contribution in [1.29, 1.82) is 0 Å². The number of nitrogens with one attached hydrogen (secondary N) is 1. The van der Waals surface area contributed by atoms with E-state index in [2.05, 4.69) is 5.32 Å². The van der Waals surface area contributed by atoms with Crippen LogP contribution in [0.3, 0.4) is 0 Å². The first-order valence-electron chi connectivity index (χ1n) is 7.34. The molecule has 0 bridgehead atoms. The predicted molar refractivity (Wildman–Crippen MR) is 82.6 cm³/mol. The molecule has 5 nitrogen and oxygen atoms in total. The van der Waals surface area contributed by atoms with Gasteiger partial charge in [-0.25, -0.2) is 8.42 Å². The number of sulfonamides is 1. The van der Waals surface area contributed by atoms with Gasteiger partial charge in [0.2, 0.25) is 10.0 Å². The molecule has 2 rings (SSSR count). The monoisotopic (exact) mass is 312 g/mol. The van der Waals surface area contributed by atoms with E-state index in [4.69, 9.17) is 4.74 Å². The van der Waals surface area contributed by atoms with Gasteiger partial charge >= 0.3 is 0 Å². The van der Waals surface area contributed by atoms with Crippen LogP contribution in [0.4, 0.5) is 0 Å². The molecule has 1 heterocycles.